The molecule has 4 rings (SSSR count). The molecule has 3 N–H and O–H groups in total. The molecule has 2 aliphatic rings. The standard InChI is InChI=1S/C24H29FN2O3/c1-30-20-11-9-19(10-12-20)26-22(28)16-27-15-14-24(29)13-3-2-4-21(24)23(27)17-5-7-18(25)8-6-17/h5-12,21,23,29H,2-4,13-16H2,1H3,(H,26,28)/p+1/t21-,23+,24-/m1/s1. The molecule has 0 radical (unpaired) electrons. The number of anilines is 1. The number of halogens is 1. The summed E-state index contributed by atoms with van der Waals surface area (Å²) in [5, 5.41) is 14.3. The second-order valence-electron chi connectivity index (χ2n) is 8.60. The lowest BCUT2D eigenvalue weighted by atomic mass is 9.66. The second kappa shape index (κ2) is 8.74. The van der Waals surface area contributed by atoms with Gasteiger partial charge in [-0.15, -0.1) is 0 Å². The summed E-state index contributed by atoms with van der Waals surface area (Å²) < 4.78 is 18.7. The molecular formula is C24H30FN2O3+. The first-order valence-electron chi connectivity index (χ1n) is 10.7. The van der Waals surface area contributed by atoms with Gasteiger partial charge in [0.05, 0.1) is 19.3 Å². The maximum atomic E-state index is 13.5. The van der Waals surface area contributed by atoms with Gasteiger partial charge in [-0.25, -0.2) is 4.39 Å². The summed E-state index contributed by atoms with van der Waals surface area (Å²) in [6, 6.07) is 13.8. The maximum absolute atomic E-state index is 13.5. The summed E-state index contributed by atoms with van der Waals surface area (Å²) in [5.74, 6) is 0.479. The van der Waals surface area contributed by atoms with Gasteiger partial charge in [0.1, 0.15) is 17.6 Å². The predicted molar refractivity (Wildman–Crippen MR) is 113 cm³/mol. The minimum Gasteiger partial charge on any atom is -0.497 e. The van der Waals surface area contributed by atoms with Crippen LogP contribution in [0.15, 0.2) is 48.5 Å². The SMILES string of the molecule is COc1ccc(NC(=O)C[NH+]2CC[C@]3(O)CCCC[C@@H]3[C@@H]2c2ccc(F)cc2)cc1. The van der Waals surface area contributed by atoms with Crippen LogP contribution in [-0.2, 0) is 4.79 Å². The number of hydrogen-bond acceptors (Lipinski definition) is 3. The van der Waals surface area contributed by atoms with Crippen LogP contribution in [0, 0.1) is 11.7 Å². The summed E-state index contributed by atoms with van der Waals surface area (Å²) in [4.78, 5) is 13.9. The number of nitrogens with one attached hydrogen (secondary N) is 2. The van der Waals surface area contributed by atoms with Gasteiger partial charge in [0, 0.05) is 23.6 Å². The summed E-state index contributed by atoms with van der Waals surface area (Å²) in [6.07, 6.45) is 4.55. The smallest absolute Gasteiger partial charge is 0.279 e. The Bertz CT molecular complexity index is 871. The highest BCUT2D eigenvalue weighted by molar-refractivity contribution is 5.91. The molecule has 1 saturated heterocycles. The topological polar surface area (TPSA) is 63.0 Å². The summed E-state index contributed by atoms with van der Waals surface area (Å²) in [7, 11) is 1.61. The molecule has 1 saturated carbocycles. The molecule has 0 bridgehead atoms. The van der Waals surface area contributed by atoms with Crippen molar-refractivity contribution in [2.24, 2.45) is 5.92 Å². The van der Waals surface area contributed by atoms with E-state index >= 15 is 0 Å². The maximum Gasteiger partial charge on any atom is 0.279 e. The van der Waals surface area contributed by atoms with Gasteiger partial charge in [0.15, 0.2) is 6.54 Å². The Morgan fingerprint density at radius 3 is 2.60 bits per heavy atom. The zero-order valence-electron chi connectivity index (χ0n) is 17.4. The molecule has 0 aromatic heterocycles. The van der Waals surface area contributed by atoms with Crippen LogP contribution in [0.1, 0.15) is 43.7 Å². The van der Waals surface area contributed by atoms with Gasteiger partial charge in [-0.05, 0) is 49.2 Å². The van der Waals surface area contributed by atoms with Crippen LogP contribution >= 0.6 is 0 Å². The molecular weight excluding hydrogens is 383 g/mol. The van der Waals surface area contributed by atoms with Gasteiger partial charge in [0.25, 0.3) is 5.91 Å². The summed E-state index contributed by atoms with van der Waals surface area (Å²) in [6.45, 7) is 1.02. The van der Waals surface area contributed by atoms with Crippen molar-refractivity contribution >= 4 is 11.6 Å². The van der Waals surface area contributed by atoms with Crippen molar-refractivity contribution < 1.29 is 23.9 Å². The lowest BCUT2D eigenvalue weighted by Crippen LogP contribution is -3.16. The molecule has 6 heteroatoms. The molecule has 0 spiro atoms. The lowest BCUT2D eigenvalue weighted by Gasteiger charge is -2.50. The fraction of sp³-hybridized carbons (Fsp3) is 0.458. The van der Waals surface area contributed by atoms with Crippen LogP contribution in [0.2, 0.25) is 0 Å². The fourth-order valence-electron chi connectivity index (χ4n) is 5.28. The lowest BCUT2D eigenvalue weighted by molar-refractivity contribution is -0.937. The number of fused-ring (bicyclic) bond motifs is 1. The number of aliphatic hydroxyl groups is 1. The summed E-state index contributed by atoms with van der Waals surface area (Å²) in [5.41, 5.74) is 1.03. The Kier molecular flexibility index (Phi) is 6.06. The number of carbonyl (C=O) groups is 1. The molecule has 5 nitrogen and oxygen atoms in total. The largest absolute Gasteiger partial charge is 0.497 e. The van der Waals surface area contributed by atoms with E-state index in [1.165, 1.54) is 12.1 Å². The van der Waals surface area contributed by atoms with E-state index in [9.17, 15) is 14.3 Å². The van der Waals surface area contributed by atoms with E-state index in [1.807, 2.05) is 36.4 Å². The number of amides is 1. The third-order valence-corrected chi connectivity index (χ3v) is 6.78. The number of benzene rings is 2. The average molecular weight is 414 g/mol. The zero-order valence-corrected chi connectivity index (χ0v) is 17.4. The number of quaternary nitrogens is 1. The molecule has 1 unspecified atom stereocenters. The number of methoxy groups -OCH3 is 1. The number of piperidine rings is 1. The van der Waals surface area contributed by atoms with Crippen LogP contribution in [0.25, 0.3) is 0 Å². The van der Waals surface area contributed by atoms with Crippen molar-refractivity contribution in [2.75, 3.05) is 25.5 Å². The normalized spacial score (nSPS) is 28.4. The third-order valence-electron chi connectivity index (χ3n) is 6.78. The first-order valence-corrected chi connectivity index (χ1v) is 10.7. The first kappa shape index (κ1) is 20.8. The van der Waals surface area contributed by atoms with Crippen molar-refractivity contribution in [3.8, 4) is 5.75 Å². The van der Waals surface area contributed by atoms with Crippen molar-refractivity contribution in [2.45, 2.75) is 43.7 Å². The molecule has 1 aliphatic carbocycles. The highest BCUT2D eigenvalue weighted by Gasteiger charge is 2.51. The van der Waals surface area contributed by atoms with E-state index in [2.05, 4.69) is 5.32 Å². The number of hydrogen-bond donors (Lipinski definition) is 3. The average Bonchev–Trinajstić information content (AvgIpc) is 2.75. The van der Waals surface area contributed by atoms with Gasteiger partial charge >= 0.3 is 0 Å². The quantitative estimate of drug-likeness (QED) is 0.706. The molecule has 1 heterocycles. The van der Waals surface area contributed by atoms with Crippen LogP contribution in [-0.4, -0.2) is 36.8 Å². The zero-order chi connectivity index (χ0) is 21.1. The van der Waals surface area contributed by atoms with E-state index < -0.39 is 5.60 Å². The Morgan fingerprint density at radius 1 is 1.17 bits per heavy atom. The molecule has 2 aromatic carbocycles. The highest BCUT2D eigenvalue weighted by Crippen LogP contribution is 2.44. The molecule has 1 aliphatic heterocycles. The van der Waals surface area contributed by atoms with Gasteiger partial charge in [-0.2, -0.15) is 0 Å². The molecule has 2 fully saturated rings. The Labute approximate surface area is 176 Å². The van der Waals surface area contributed by atoms with Crippen LogP contribution < -0.4 is 15.0 Å². The van der Waals surface area contributed by atoms with Gasteiger partial charge in [-0.1, -0.05) is 25.0 Å². The van der Waals surface area contributed by atoms with Gasteiger partial charge in [0.2, 0.25) is 0 Å². The van der Waals surface area contributed by atoms with Crippen LogP contribution in [0.5, 0.6) is 5.75 Å². The minimum atomic E-state index is -0.687. The van der Waals surface area contributed by atoms with Crippen LogP contribution in [0.3, 0.4) is 0 Å². The first-order chi connectivity index (χ1) is 14.5. The van der Waals surface area contributed by atoms with Gasteiger partial charge < -0.3 is 20.1 Å². The number of carbonyl (C=O) groups excluding carboxylic acids is 1. The molecule has 1 amide bonds. The molecule has 160 valence electrons. The Morgan fingerprint density at radius 2 is 1.90 bits per heavy atom. The molecule has 4 atom stereocenters. The number of ether oxygens (including phenoxy) is 1. The number of rotatable bonds is 5. The minimum absolute atomic E-state index is 0.0220. The fourth-order valence-corrected chi connectivity index (χ4v) is 5.28. The molecule has 2 aromatic rings. The molecule has 30 heavy (non-hydrogen) atoms. The predicted octanol–water partition coefficient (Wildman–Crippen LogP) is 2.72. The second-order valence-corrected chi connectivity index (χ2v) is 8.60. The van der Waals surface area contributed by atoms with E-state index in [-0.39, 0.29) is 23.7 Å². The summed E-state index contributed by atoms with van der Waals surface area (Å²) >= 11 is 0. The van der Waals surface area contributed by atoms with E-state index in [0.717, 1.165) is 47.6 Å². The van der Waals surface area contributed by atoms with E-state index in [1.54, 1.807) is 7.11 Å². The monoisotopic (exact) mass is 413 g/mol. The number of likely N-dealkylation sites (tertiary alicyclic amines) is 1. The highest BCUT2D eigenvalue weighted by atomic mass is 19.1. The van der Waals surface area contributed by atoms with E-state index in [0.29, 0.717) is 19.5 Å². The van der Waals surface area contributed by atoms with E-state index in [4.69, 9.17) is 4.74 Å². The van der Waals surface area contributed by atoms with Crippen molar-refractivity contribution in [1.82, 2.24) is 0 Å². The Balaban J connectivity index is 1.53. The van der Waals surface area contributed by atoms with Crippen molar-refractivity contribution in [1.29, 1.82) is 0 Å². The van der Waals surface area contributed by atoms with Crippen LogP contribution in [0.4, 0.5) is 10.1 Å². The van der Waals surface area contributed by atoms with Gasteiger partial charge in [-0.3, -0.25) is 4.79 Å². The third kappa shape index (κ3) is 4.35. The van der Waals surface area contributed by atoms with Crippen molar-refractivity contribution in [3.63, 3.8) is 0 Å². The Hall–Kier alpha value is -2.44. The van der Waals surface area contributed by atoms with Crippen molar-refractivity contribution in [3.05, 3.63) is 59.9 Å².